The average molecular weight is 1000 g/mol. The normalized spacial score (nSPS) is 12.8. The number of carbonyl (C=O) groups is 3. The molecule has 0 heterocycles. The standard InChI is InChI=1S/C66H112O6/c1-4-7-10-13-16-19-22-25-26-27-28-29-30-31-32-33-34-35-36-37-38-39-40-42-44-47-50-53-56-59-65(68)71-62-63(61-70-64(67)58-55-52-49-46-43-24-21-18-15-12-9-6-3)72-66(69)60-57-54-51-48-45-41-23-20-17-14-11-8-5-2/h7,10,16,19-20,23,25-26,28-29,31-32,34-35,37-38,63H,4-6,8-9,11-15,17-18,21-22,24,27,30,33,36,39-62H2,1-3H3/b10-7-,19-16-,23-20-,26-25-,29-28-,32-31-,35-34-,38-37-. The van der Waals surface area contributed by atoms with Crippen LogP contribution in [-0.2, 0) is 28.6 Å². The largest absolute Gasteiger partial charge is 0.462 e. The summed E-state index contributed by atoms with van der Waals surface area (Å²) in [5.74, 6) is -0.897. The Bertz CT molecular complexity index is 1430. The fraction of sp³-hybridized carbons (Fsp3) is 0.712. The number of ether oxygens (including phenoxy) is 3. The molecule has 0 bridgehead atoms. The monoisotopic (exact) mass is 1000 g/mol. The highest BCUT2D eigenvalue weighted by Crippen LogP contribution is 2.15. The van der Waals surface area contributed by atoms with Crippen molar-refractivity contribution in [3.05, 3.63) is 97.2 Å². The molecule has 1 unspecified atom stereocenters. The molecule has 0 aliphatic heterocycles. The molecule has 412 valence electrons. The maximum Gasteiger partial charge on any atom is 0.306 e. The molecule has 0 aromatic heterocycles. The molecule has 0 saturated heterocycles. The third-order valence-electron chi connectivity index (χ3n) is 12.8. The van der Waals surface area contributed by atoms with E-state index >= 15 is 0 Å². The first-order chi connectivity index (χ1) is 35.5. The summed E-state index contributed by atoms with van der Waals surface area (Å²) < 4.78 is 16.8. The predicted molar refractivity (Wildman–Crippen MR) is 311 cm³/mol. The molecule has 1 atom stereocenters. The van der Waals surface area contributed by atoms with Crippen molar-refractivity contribution in [2.75, 3.05) is 13.2 Å². The lowest BCUT2D eigenvalue weighted by Crippen LogP contribution is -2.30. The number of allylic oxidation sites excluding steroid dienone is 16. The molecule has 0 N–H and O–H groups in total. The summed E-state index contributed by atoms with van der Waals surface area (Å²) >= 11 is 0. The van der Waals surface area contributed by atoms with Gasteiger partial charge in [-0.15, -0.1) is 0 Å². The van der Waals surface area contributed by atoms with Crippen LogP contribution in [0.1, 0.15) is 284 Å². The van der Waals surface area contributed by atoms with Crippen LogP contribution in [0.5, 0.6) is 0 Å². The van der Waals surface area contributed by atoms with Crippen LogP contribution < -0.4 is 0 Å². The van der Waals surface area contributed by atoms with Gasteiger partial charge in [-0.05, 0) is 103 Å². The molecular formula is C66H112O6. The number of esters is 3. The first kappa shape index (κ1) is 68.3. The van der Waals surface area contributed by atoms with E-state index in [0.29, 0.717) is 19.3 Å². The highest BCUT2D eigenvalue weighted by atomic mass is 16.6. The van der Waals surface area contributed by atoms with Crippen LogP contribution in [0.15, 0.2) is 97.2 Å². The summed E-state index contributed by atoms with van der Waals surface area (Å²) in [7, 11) is 0. The first-order valence-corrected chi connectivity index (χ1v) is 30.2. The van der Waals surface area contributed by atoms with E-state index in [2.05, 4.69) is 118 Å². The first-order valence-electron chi connectivity index (χ1n) is 30.2. The molecule has 0 spiro atoms. The fourth-order valence-electron chi connectivity index (χ4n) is 8.30. The van der Waals surface area contributed by atoms with Crippen molar-refractivity contribution in [2.24, 2.45) is 0 Å². The smallest absolute Gasteiger partial charge is 0.306 e. The van der Waals surface area contributed by atoms with Gasteiger partial charge in [0.15, 0.2) is 6.10 Å². The van der Waals surface area contributed by atoms with Crippen LogP contribution in [0, 0.1) is 0 Å². The summed E-state index contributed by atoms with van der Waals surface area (Å²) in [5.41, 5.74) is 0. The third kappa shape index (κ3) is 57.2. The molecule has 6 heteroatoms. The second-order valence-corrected chi connectivity index (χ2v) is 19.9. The summed E-state index contributed by atoms with van der Waals surface area (Å²) in [4.78, 5) is 38.1. The summed E-state index contributed by atoms with van der Waals surface area (Å²) in [6.07, 6.45) is 79.8. The Morgan fingerprint density at radius 1 is 0.292 bits per heavy atom. The molecule has 0 saturated carbocycles. The van der Waals surface area contributed by atoms with Gasteiger partial charge >= 0.3 is 17.9 Å². The molecule has 0 aliphatic rings. The number of hydrogen-bond donors (Lipinski definition) is 0. The zero-order chi connectivity index (χ0) is 52.2. The van der Waals surface area contributed by atoms with Gasteiger partial charge in [0.1, 0.15) is 13.2 Å². The molecule has 72 heavy (non-hydrogen) atoms. The highest BCUT2D eigenvalue weighted by molar-refractivity contribution is 5.71. The van der Waals surface area contributed by atoms with E-state index in [1.807, 2.05) is 0 Å². The van der Waals surface area contributed by atoms with Gasteiger partial charge in [-0.2, -0.15) is 0 Å². The van der Waals surface area contributed by atoms with Crippen molar-refractivity contribution in [2.45, 2.75) is 290 Å². The van der Waals surface area contributed by atoms with E-state index in [-0.39, 0.29) is 31.1 Å². The lowest BCUT2D eigenvalue weighted by atomic mass is 10.0. The Balaban J connectivity index is 4.27. The number of unbranched alkanes of at least 4 members (excludes halogenated alkanes) is 27. The maximum absolute atomic E-state index is 12.8. The summed E-state index contributed by atoms with van der Waals surface area (Å²) in [5, 5.41) is 0. The van der Waals surface area contributed by atoms with E-state index in [4.69, 9.17) is 14.2 Å². The Labute approximate surface area is 445 Å². The number of hydrogen-bond acceptors (Lipinski definition) is 6. The van der Waals surface area contributed by atoms with Crippen LogP contribution in [0.2, 0.25) is 0 Å². The Morgan fingerprint density at radius 2 is 0.542 bits per heavy atom. The molecule has 0 aromatic carbocycles. The highest BCUT2D eigenvalue weighted by Gasteiger charge is 2.19. The van der Waals surface area contributed by atoms with Gasteiger partial charge < -0.3 is 14.2 Å². The Hall–Kier alpha value is -3.67. The minimum Gasteiger partial charge on any atom is -0.462 e. The van der Waals surface area contributed by atoms with Crippen LogP contribution in [0.3, 0.4) is 0 Å². The molecule has 0 amide bonds. The molecule has 0 fully saturated rings. The van der Waals surface area contributed by atoms with Crippen LogP contribution in [0.25, 0.3) is 0 Å². The van der Waals surface area contributed by atoms with Gasteiger partial charge in [0.05, 0.1) is 0 Å². The summed E-state index contributed by atoms with van der Waals surface area (Å²) in [6, 6.07) is 0. The second-order valence-electron chi connectivity index (χ2n) is 19.9. The van der Waals surface area contributed by atoms with Gasteiger partial charge in [-0.25, -0.2) is 0 Å². The Morgan fingerprint density at radius 3 is 0.875 bits per heavy atom. The zero-order valence-corrected chi connectivity index (χ0v) is 47.2. The van der Waals surface area contributed by atoms with Crippen LogP contribution in [-0.4, -0.2) is 37.2 Å². The van der Waals surface area contributed by atoms with E-state index in [1.54, 1.807) is 0 Å². The molecule has 0 rings (SSSR count). The van der Waals surface area contributed by atoms with Crippen LogP contribution in [0.4, 0.5) is 0 Å². The zero-order valence-electron chi connectivity index (χ0n) is 47.2. The fourth-order valence-corrected chi connectivity index (χ4v) is 8.30. The molecular weight excluding hydrogens is 889 g/mol. The van der Waals surface area contributed by atoms with Gasteiger partial charge in [-0.3, -0.25) is 14.4 Å². The second kappa shape index (κ2) is 59.9. The van der Waals surface area contributed by atoms with Crippen molar-refractivity contribution >= 4 is 17.9 Å². The number of rotatable bonds is 54. The van der Waals surface area contributed by atoms with E-state index < -0.39 is 6.10 Å². The molecule has 0 aliphatic carbocycles. The maximum atomic E-state index is 12.8. The quantitative estimate of drug-likeness (QED) is 0.0261. The van der Waals surface area contributed by atoms with Crippen molar-refractivity contribution in [1.29, 1.82) is 0 Å². The predicted octanol–water partition coefficient (Wildman–Crippen LogP) is 20.5. The lowest BCUT2D eigenvalue weighted by Gasteiger charge is -2.18. The van der Waals surface area contributed by atoms with E-state index in [0.717, 1.165) is 122 Å². The van der Waals surface area contributed by atoms with Crippen molar-refractivity contribution < 1.29 is 28.6 Å². The molecule has 6 nitrogen and oxygen atoms in total. The molecule has 0 aromatic rings. The topological polar surface area (TPSA) is 78.9 Å². The number of carbonyl (C=O) groups excluding carboxylic acids is 3. The van der Waals surface area contributed by atoms with Crippen molar-refractivity contribution in [1.82, 2.24) is 0 Å². The third-order valence-corrected chi connectivity index (χ3v) is 12.8. The van der Waals surface area contributed by atoms with Gasteiger partial charge in [0.2, 0.25) is 0 Å². The Kier molecular flexibility index (Phi) is 56.8. The minimum absolute atomic E-state index is 0.0818. The minimum atomic E-state index is -0.785. The van der Waals surface area contributed by atoms with E-state index in [1.165, 1.54) is 122 Å². The lowest BCUT2D eigenvalue weighted by molar-refractivity contribution is -0.167. The van der Waals surface area contributed by atoms with Gasteiger partial charge in [-0.1, -0.05) is 259 Å². The average Bonchev–Trinajstić information content (AvgIpc) is 3.38. The molecule has 0 radical (unpaired) electrons. The van der Waals surface area contributed by atoms with Gasteiger partial charge in [0.25, 0.3) is 0 Å². The van der Waals surface area contributed by atoms with Gasteiger partial charge in [0, 0.05) is 19.3 Å². The summed E-state index contributed by atoms with van der Waals surface area (Å²) in [6.45, 7) is 6.50. The van der Waals surface area contributed by atoms with E-state index in [9.17, 15) is 14.4 Å². The SMILES string of the molecule is CC/C=C\C/C=C\C/C=C\C/C=C\C/C=C\C/C=C\C/C=C\CCCCCCCCCC(=O)OCC(COC(=O)CCCCCCCCCCCCCC)OC(=O)CCCCCCC/C=C\CCCCCC. The van der Waals surface area contributed by atoms with Crippen molar-refractivity contribution in [3.8, 4) is 0 Å². The van der Waals surface area contributed by atoms with Crippen molar-refractivity contribution in [3.63, 3.8) is 0 Å². The van der Waals surface area contributed by atoms with Crippen LogP contribution >= 0.6 is 0 Å².